The van der Waals surface area contributed by atoms with Crippen molar-refractivity contribution < 1.29 is 23.6 Å². The lowest BCUT2D eigenvalue weighted by molar-refractivity contribution is -0.385. The summed E-state index contributed by atoms with van der Waals surface area (Å²) >= 11 is 0. The lowest BCUT2D eigenvalue weighted by Crippen LogP contribution is -2.24. The van der Waals surface area contributed by atoms with Gasteiger partial charge < -0.3 is 14.5 Å². The molecule has 0 aliphatic rings. The number of carbonyl (C=O) groups is 1. The summed E-state index contributed by atoms with van der Waals surface area (Å²) < 4.78 is 23.3. The number of aromatic amines is 1. The molecule has 0 aliphatic heterocycles. The quantitative estimate of drug-likeness (QED) is 0.324. The van der Waals surface area contributed by atoms with E-state index in [2.05, 4.69) is 20.5 Å². The number of H-pyrrole nitrogens is 1. The van der Waals surface area contributed by atoms with E-state index in [9.17, 15) is 24.1 Å². The zero-order chi connectivity index (χ0) is 23.3. The van der Waals surface area contributed by atoms with Crippen LogP contribution in [0.15, 0.2) is 52.4 Å². The molecule has 1 heterocycles. The lowest BCUT2D eigenvalue weighted by Gasteiger charge is -2.08. The minimum absolute atomic E-state index is 0.00396. The van der Waals surface area contributed by atoms with Gasteiger partial charge in [-0.3, -0.25) is 14.9 Å². The maximum Gasteiger partial charge on any atom is 0.346 e. The smallest absolute Gasteiger partial charge is 0.346 e. The van der Waals surface area contributed by atoms with Crippen LogP contribution in [-0.4, -0.2) is 41.2 Å². The van der Waals surface area contributed by atoms with Gasteiger partial charge in [-0.2, -0.15) is 10.1 Å². The molecular weight excluding hydrogens is 425 g/mol. The molecule has 0 spiro atoms. The molecular formula is C20H16FN5O6. The topological polar surface area (TPSA) is 149 Å². The molecule has 0 fully saturated rings. The number of nitro benzene ring substituents is 1. The summed E-state index contributed by atoms with van der Waals surface area (Å²) in [5, 5.41) is 15.0. The molecule has 11 nitrogen and oxygen atoms in total. The molecule has 2 aromatic carbocycles. The van der Waals surface area contributed by atoms with Gasteiger partial charge in [0, 0.05) is 23.3 Å². The predicted molar refractivity (Wildman–Crippen MR) is 112 cm³/mol. The van der Waals surface area contributed by atoms with Crippen LogP contribution in [0.25, 0.3) is 11.3 Å². The summed E-state index contributed by atoms with van der Waals surface area (Å²) in [5.74, 6) is -1.01. The van der Waals surface area contributed by atoms with Crippen LogP contribution >= 0.6 is 0 Å². The summed E-state index contributed by atoms with van der Waals surface area (Å²) in [4.78, 5) is 40.9. The van der Waals surface area contributed by atoms with Crippen molar-refractivity contribution in [3.63, 3.8) is 0 Å². The monoisotopic (exact) mass is 441 g/mol. The normalized spacial score (nSPS) is 10.7. The first kappa shape index (κ1) is 22.1. The fraction of sp³-hybridized carbons (Fsp3) is 0.100. The molecule has 32 heavy (non-hydrogen) atoms. The van der Waals surface area contributed by atoms with Crippen molar-refractivity contribution in [3.05, 3.63) is 80.1 Å². The van der Waals surface area contributed by atoms with Crippen molar-refractivity contribution in [2.75, 3.05) is 14.2 Å². The number of halogens is 1. The van der Waals surface area contributed by atoms with Gasteiger partial charge in [-0.1, -0.05) is 0 Å². The summed E-state index contributed by atoms with van der Waals surface area (Å²) in [7, 11) is 2.64. The Hall–Kier alpha value is -4.61. The van der Waals surface area contributed by atoms with Gasteiger partial charge in [0.25, 0.3) is 5.91 Å². The standard InChI is InChI=1S/C20H16FN5O6/c1-31-17-9-18(32-2)16(26(29)30)7-12(17)10-22-25-19(27)15-8-14(23-20(28)24-15)11-3-5-13(21)6-4-11/h3-10H,1-2H3,(H,25,27)(H,23,24,28)/b22-10+. The van der Waals surface area contributed by atoms with Crippen molar-refractivity contribution in [3.8, 4) is 22.8 Å². The van der Waals surface area contributed by atoms with Gasteiger partial charge in [-0.05, 0) is 30.3 Å². The van der Waals surface area contributed by atoms with E-state index in [1.807, 2.05) is 0 Å². The van der Waals surface area contributed by atoms with E-state index in [4.69, 9.17) is 9.47 Å². The zero-order valence-corrected chi connectivity index (χ0v) is 16.8. The Morgan fingerprint density at radius 2 is 1.88 bits per heavy atom. The Kier molecular flexibility index (Phi) is 6.53. The van der Waals surface area contributed by atoms with Gasteiger partial charge in [-0.15, -0.1) is 0 Å². The first-order valence-electron chi connectivity index (χ1n) is 8.93. The SMILES string of the molecule is COc1cc(OC)c([N+](=O)[O-])cc1/C=N/NC(=O)c1cc(-c2ccc(F)cc2)nc(=O)[nH]1. The van der Waals surface area contributed by atoms with Crippen LogP contribution in [0, 0.1) is 15.9 Å². The molecule has 1 amide bonds. The second-order valence-electron chi connectivity index (χ2n) is 6.21. The fourth-order valence-electron chi connectivity index (χ4n) is 2.72. The number of ether oxygens (including phenoxy) is 2. The number of rotatable bonds is 7. The van der Waals surface area contributed by atoms with E-state index in [0.29, 0.717) is 5.56 Å². The van der Waals surface area contributed by atoms with E-state index in [1.165, 1.54) is 56.7 Å². The Labute approximate surface area is 179 Å². The first-order chi connectivity index (χ1) is 15.3. The van der Waals surface area contributed by atoms with Crippen molar-refractivity contribution in [1.82, 2.24) is 15.4 Å². The van der Waals surface area contributed by atoms with Crippen LogP contribution < -0.4 is 20.6 Å². The molecule has 3 rings (SSSR count). The Bertz CT molecular complexity index is 1260. The lowest BCUT2D eigenvalue weighted by atomic mass is 10.1. The molecule has 0 atom stereocenters. The Morgan fingerprint density at radius 1 is 1.19 bits per heavy atom. The van der Waals surface area contributed by atoms with Crippen LogP contribution in [0.5, 0.6) is 11.5 Å². The summed E-state index contributed by atoms with van der Waals surface area (Å²) in [5.41, 5.74) is 1.76. The molecule has 0 bridgehead atoms. The molecule has 12 heteroatoms. The molecule has 0 radical (unpaired) electrons. The van der Waals surface area contributed by atoms with Crippen LogP contribution in [-0.2, 0) is 0 Å². The Morgan fingerprint density at radius 3 is 2.50 bits per heavy atom. The second-order valence-corrected chi connectivity index (χ2v) is 6.21. The third kappa shape index (κ3) is 4.92. The van der Waals surface area contributed by atoms with Crippen molar-refractivity contribution in [2.24, 2.45) is 5.10 Å². The molecule has 0 aliphatic carbocycles. The van der Waals surface area contributed by atoms with Gasteiger partial charge in [0.1, 0.15) is 17.3 Å². The number of hydrogen-bond donors (Lipinski definition) is 2. The average Bonchev–Trinajstić information content (AvgIpc) is 2.78. The van der Waals surface area contributed by atoms with Crippen molar-refractivity contribution in [1.29, 1.82) is 0 Å². The van der Waals surface area contributed by atoms with E-state index >= 15 is 0 Å². The largest absolute Gasteiger partial charge is 0.496 e. The Balaban J connectivity index is 1.84. The van der Waals surface area contributed by atoms with Crippen molar-refractivity contribution in [2.45, 2.75) is 0 Å². The maximum absolute atomic E-state index is 13.1. The number of carbonyl (C=O) groups excluding carboxylic acids is 1. The number of nitrogens with one attached hydrogen (secondary N) is 2. The zero-order valence-electron chi connectivity index (χ0n) is 16.8. The number of amides is 1. The third-order valence-corrected chi connectivity index (χ3v) is 4.23. The van der Waals surface area contributed by atoms with Gasteiger partial charge in [0.2, 0.25) is 5.75 Å². The molecule has 2 N–H and O–H groups in total. The number of hydrogen-bond acceptors (Lipinski definition) is 8. The highest BCUT2D eigenvalue weighted by Gasteiger charge is 2.19. The third-order valence-electron chi connectivity index (χ3n) is 4.23. The van der Waals surface area contributed by atoms with Gasteiger partial charge in [0.05, 0.1) is 31.1 Å². The van der Waals surface area contributed by atoms with Crippen LogP contribution in [0.3, 0.4) is 0 Å². The van der Waals surface area contributed by atoms with E-state index in [0.717, 1.165) is 6.21 Å². The summed E-state index contributed by atoms with van der Waals surface area (Å²) in [6, 6.07) is 9.02. The molecule has 1 aromatic heterocycles. The molecule has 0 saturated heterocycles. The number of methoxy groups -OCH3 is 2. The maximum atomic E-state index is 13.1. The minimum Gasteiger partial charge on any atom is -0.496 e. The molecule has 3 aromatic rings. The fourth-order valence-corrected chi connectivity index (χ4v) is 2.72. The van der Waals surface area contributed by atoms with Crippen LogP contribution in [0.1, 0.15) is 16.1 Å². The summed E-state index contributed by atoms with van der Waals surface area (Å²) in [6.07, 6.45) is 1.14. The first-order valence-corrected chi connectivity index (χ1v) is 8.93. The highest BCUT2D eigenvalue weighted by atomic mass is 19.1. The second kappa shape index (κ2) is 9.47. The number of hydrazone groups is 1. The van der Waals surface area contributed by atoms with Crippen LogP contribution in [0.2, 0.25) is 0 Å². The van der Waals surface area contributed by atoms with E-state index < -0.39 is 22.3 Å². The highest BCUT2D eigenvalue weighted by molar-refractivity contribution is 5.94. The molecule has 0 unspecified atom stereocenters. The van der Waals surface area contributed by atoms with Gasteiger partial charge >= 0.3 is 11.4 Å². The molecule has 164 valence electrons. The minimum atomic E-state index is -0.784. The molecule has 0 saturated carbocycles. The van der Waals surface area contributed by atoms with E-state index in [-0.39, 0.29) is 34.1 Å². The summed E-state index contributed by atoms with van der Waals surface area (Å²) in [6.45, 7) is 0. The van der Waals surface area contributed by atoms with Gasteiger partial charge in [0.15, 0.2) is 0 Å². The predicted octanol–water partition coefficient (Wildman–Crippen LogP) is 2.27. The van der Waals surface area contributed by atoms with E-state index in [1.54, 1.807) is 0 Å². The van der Waals surface area contributed by atoms with Crippen molar-refractivity contribution >= 4 is 17.8 Å². The van der Waals surface area contributed by atoms with Crippen LogP contribution in [0.4, 0.5) is 10.1 Å². The number of benzene rings is 2. The number of aromatic nitrogens is 2. The van der Waals surface area contributed by atoms with Gasteiger partial charge in [-0.25, -0.2) is 14.6 Å². The number of nitrogens with zero attached hydrogens (tertiary/aromatic N) is 3. The highest BCUT2D eigenvalue weighted by Crippen LogP contribution is 2.33. The average molecular weight is 441 g/mol. The number of nitro groups is 1.